The number of alkyl halides is 2. The summed E-state index contributed by atoms with van der Waals surface area (Å²) in [4.78, 5) is 0. The molecule has 2 aromatic rings. The van der Waals surface area contributed by atoms with Gasteiger partial charge in [0.25, 0.3) is 0 Å². The van der Waals surface area contributed by atoms with Gasteiger partial charge in [-0.05, 0) is 0 Å². The Hall–Kier alpha value is -1.78. The fourth-order valence-electron chi connectivity index (χ4n) is 1.55. The molecule has 5 heteroatoms. The number of nitrogens with zero attached hydrogens (tertiary/aromatic N) is 3. The molecule has 0 radical (unpaired) electrons. The van der Waals surface area contributed by atoms with E-state index in [0.717, 1.165) is 12.5 Å². The Morgan fingerprint density at radius 2 is 1.75 bits per heavy atom. The molecule has 0 amide bonds. The lowest BCUT2D eigenvalue weighted by Gasteiger charge is -2.09. The van der Waals surface area contributed by atoms with Crippen LogP contribution in [0.1, 0.15) is 12.7 Å². The average molecular weight is 223 g/mol. The van der Waals surface area contributed by atoms with E-state index >= 15 is 0 Å². The van der Waals surface area contributed by atoms with Gasteiger partial charge in [-0.3, -0.25) is 0 Å². The first kappa shape index (κ1) is 10.7. The summed E-state index contributed by atoms with van der Waals surface area (Å²) in [6.45, 7) is 0.811. The van der Waals surface area contributed by atoms with Gasteiger partial charge < -0.3 is 4.57 Å². The van der Waals surface area contributed by atoms with Gasteiger partial charge in [0.1, 0.15) is 0 Å². The molecule has 0 saturated heterocycles. The second-order valence-electron chi connectivity index (χ2n) is 3.66. The first-order valence-electron chi connectivity index (χ1n) is 4.83. The second kappa shape index (κ2) is 3.66. The molecular weight excluding hydrogens is 212 g/mol. The lowest BCUT2D eigenvalue weighted by atomic mass is 10.2. The van der Waals surface area contributed by atoms with E-state index in [0.29, 0.717) is 5.82 Å². The highest BCUT2D eigenvalue weighted by atomic mass is 19.3. The topological polar surface area (TPSA) is 30.7 Å². The summed E-state index contributed by atoms with van der Waals surface area (Å²) in [6.07, 6.45) is 0. The zero-order valence-electron chi connectivity index (χ0n) is 8.98. The van der Waals surface area contributed by atoms with Crippen molar-refractivity contribution >= 4 is 0 Å². The van der Waals surface area contributed by atoms with Crippen molar-refractivity contribution < 1.29 is 8.78 Å². The predicted octanol–water partition coefficient (Wildman–Crippen LogP) is 2.59. The fraction of sp³-hybridized carbons (Fsp3) is 0.273. The minimum absolute atomic E-state index is 0.327. The standard InChI is InChI=1S/C11H11F2N3/c1-11(12,13)10-15-14-9(16(10)2)8-6-4-3-5-7-8/h3-7H,1-2H3. The quantitative estimate of drug-likeness (QED) is 0.783. The Kier molecular flexibility index (Phi) is 2.46. The number of halogens is 2. The number of hydrogen-bond acceptors (Lipinski definition) is 2. The zero-order valence-corrected chi connectivity index (χ0v) is 8.98. The van der Waals surface area contributed by atoms with Crippen molar-refractivity contribution in [1.29, 1.82) is 0 Å². The van der Waals surface area contributed by atoms with Gasteiger partial charge >= 0.3 is 5.92 Å². The monoisotopic (exact) mass is 223 g/mol. The number of aromatic nitrogens is 3. The molecule has 0 saturated carbocycles. The highest BCUT2D eigenvalue weighted by molar-refractivity contribution is 5.54. The van der Waals surface area contributed by atoms with Gasteiger partial charge in [-0.15, -0.1) is 10.2 Å². The molecule has 0 aliphatic heterocycles. The van der Waals surface area contributed by atoms with Crippen LogP contribution in [0.4, 0.5) is 8.78 Å². The van der Waals surface area contributed by atoms with Crippen LogP contribution >= 0.6 is 0 Å². The van der Waals surface area contributed by atoms with E-state index in [9.17, 15) is 8.78 Å². The second-order valence-corrected chi connectivity index (χ2v) is 3.66. The first-order valence-corrected chi connectivity index (χ1v) is 4.83. The van der Waals surface area contributed by atoms with Gasteiger partial charge in [0, 0.05) is 19.5 Å². The van der Waals surface area contributed by atoms with Gasteiger partial charge in [0.2, 0.25) is 5.82 Å². The number of benzene rings is 1. The molecule has 3 nitrogen and oxygen atoms in total. The third kappa shape index (κ3) is 1.80. The summed E-state index contributed by atoms with van der Waals surface area (Å²) in [7, 11) is 1.54. The van der Waals surface area contributed by atoms with Crippen molar-refractivity contribution in [2.45, 2.75) is 12.8 Å². The van der Waals surface area contributed by atoms with Crippen molar-refractivity contribution in [3.05, 3.63) is 36.2 Å². The van der Waals surface area contributed by atoms with Gasteiger partial charge in [0.15, 0.2) is 5.82 Å². The molecule has 1 aromatic carbocycles. The molecule has 84 valence electrons. The van der Waals surface area contributed by atoms with Crippen LogP contribution in [-0.4, -0.2) is 14.8 Å². The highest BCUT2D eigenvalue weighted by Gasteiger charge is 2.31. The Labute approximate surface area is 91.7 Å². The zero-order chi connectivity index (χ0) is 11.8. The van der Waals surface area contributed by atoms with E-state index in [1.807, 2.05) is 30.3 Å². The molecule has 16 heavy (non-hydrogen) atoms. The molecule has 0 bridgehead atoms. The van der Waals surface area contributed by atoms with Crippen molar-refractivity contribution in [3.8, 4) is 11.4 Å². The number of hydrogen-bond donors (Lipinski definition) is 0. The maximum absolute atomic E-state index is 13.1. The molecule has 0 aliphatic rings. The van der Waals surface area contributed by atoms with E-state index in [2.05, 4.69) is 10.2 Å². The Morgan fingerprint density at radius 1 is 1.12 bits per heavy atom. The molecule has 2 rings (SSSR count). The summed E-state index contributed by atoms with van der Waals surface area (Å²) in [5.74, 6) is -2.86. The van der Waals surface area contributed by atoms with E-state index in [4.69, 9.17) is 0 Å². The summed E-state index contributed by atoms with van der Waals surface area (Å²) >= 11 is 0. The van der Waals surface area contributed by atoms with Crippen LogP contribution in [0.2, 0.25) is 0 Å². The van der Waals surface area contributed by atoms with Crippen LogP contribution in [-0.2, 0) is 13.0 Å². The predicted molar refractivity (Wildman–Crippen MR) is 56.0 cm³/mol. The molecule has 0 N–H and O–H groups in total. The van der Waals surface area contributed by atoms with E-state index in [-0.39, 0.29) is 5.82 Å². The van der Waals surface area contributed by atoms with Gasteiger partial charge in [0.05, 0.1) is 0 Å². The Bertz CT molecular complexity index is 486. The molecule has 1 heterocycles. The third-order valence-electron chi connectivity index (χ3n) is 2.30. The van der Waals surface area contributed by atoms with Crippen LogP contribution in [0.5, 0.6) is 0 Å². The maximum Gasteiger partial charge on any atom is 0.304 e. The number of rotatable bonds is 2. The Balaban J connectivity index is 2.50. The summed E-state index contributed by atoms with van der Waals surface area (Å²) in [5.41, 5.74) is 0.771. The van der Waals surface area contributed by atoms with Crippen LogP contribution < -0.4 is 0 Å². The largest absolute Gasteiger partial charge is 0.309 e. The van der Waals surface area contributed by atoms with Gasteiger partial charge in [-0.2, -0.15) is 8.78 Å². The first-order chi connectivity index (χ1) is 7.50. The van der Waals surface area contributed by atoms with Crippen LogP contribution in [0, 0.1) is 0 Å². The van der Waals surface area contributed by atoms with Crippen molar-refractivity contribution in [1.82, 2.24) is 14.8 Å². The molecule has 0 fully saturated rings. The lowest BCUT2D eigenvalue weighted by molar-refractivity contribution is 0.00471. The third-order valence-corrected chi connectivity index (χ3v) is 2.30. The molecule has 0 atom stereocenters. The van der Waals surface area contributed by atoms with E-state index in [1.54, 1.807) is 0 Å². The lowest BCUT2D eigenvalue weighted by Crippen LogP contribution is -2.14. The molecular formula is C11H11F2N3. The molecule has 1 aromatic heterocycles. The molecule has 0 unspecified atom stereocenters. The van der Waals surface area contributed by atoms with Crippen molar-refractivity contribution in [2.75, 3.05) is 0 Å². The van der Waals surface area contributed by atoms with Gasteiger partial charge in [-0.25, -0.2) is 0 Å². The minimum Gasteiger partial charge on any atom is -0.309 e. The summed E-state index contributed by atoms with van der Waals surface area (Å²) < 4.78 is 27.6. The Morgan fingerprint density at radius 3 is 2.25 bits per heavy atom. The maximum atomic E-state index is 13.1. The average Bonchev–Trinajstić information content (AvgIpc) is 2.61. The smallest absolute Gasteiger partial charge is 0.304 e. The minimum atomic E-state index is -2.98. The highest BCUT2D eigenvalue weighted by Crippen LogP contribution is 2.27. The summed E-state index contributed by atoms with van der Waals surface area (Å²) in [6, 6.07) is 9.12. The van der Waals surface area contributed by atoms with Crippen LogP contribution in [0.25, 0.3) is 11.4 Å². The molecule has 0 spiro atoms. The van der Waals surface area contributed by atoms with Gasteiger partial charge in [-0.1, -0.05) is 30.3 Å². The summed E-state index contributed by atoms with van der Waals surface area (Å²) in [5, 5.41) is 7.31. The van der Waals surface area contributed by atoms with Crippen LogP contribution in [0.15, 0.2) is 30.3 Å². The van der Waals surface area contributed by atoms with Crippen molar-refractivity contribution in [3.63, 3.8) is 0 Å². The SMILES string of the molecule is Cn1c(-c2ccccc2)nnc1C(C)(F)F. The van der Waals surface area contributed by atoms with E-state index < -0.39 is 5.92 Å². The van der Waals surface area contributed by atoms with Crippen molar-refractivity contribution in [2.24, 2.45) is 7.05 Å². The molecule has 0 aliphatic carbocycles. The van der Waals surface area contributed by atoms with Crippen LogP contribution in [0.3, 0.4) is 0 Å². The van der Waals surface area contributed by atoms with E-state index in [1.165, 1.54) is 11.6 Å². The normalized spacial score (nSPS) is 11.8. The fourth-order valence-corrected chi connectivity index (χ4v) is 1.55.